The van der Waals surface area contributed by atoms with Crippen molar-refractivity contribution >= 4 is 56.1 Å². The SMILES string of the molecule is CCOCOc1c(I)cc(I)cc1COc1ccc([SH]2c3ccccc3-c3ccccc32)cc1. The van der Waals surface area contributed by atoms with Gasteiger partial charge in [0.25, 0.3) is 0 Å². The van der Waals surface area contributed by atoms with Gasteiger partial charge in [-0.15, -0.1) is 0 Å². The molecule has 0 radical (unpaired) electrons. The predicted molar refractivity (Wildman–Crippen MR) is 155 cm³/mol. The van der Waals surface area contributed by atoms with Crippen LogP contribution in [-0.4, -0.2) is 13.4 Å². The van der Waals surface area contributed by atoms with Crippen LogP contribution in [0.4, 0.5) is 0 Å². The average Bonchev–Trinajstić information content (AvgIpc) is 3.19. The van der Waals surface area contributed by atoms with Gasteiger partial charge in [-0.05, 0) is 117 Å². The van der Waals surface area contributed by atoms with Crippen molar-refractivity contribution in [3.8, 4) is 22.6 Å². The molecule has 0 aliphatic carbocycles. The Balaban J connectivity index is 1.36. The summed E-state index contributed by atoms with van der Waals surface area (Å²) in [7, 11) is -0.551. The summed E-state index contributed by atoms with van der Waals surface area (Å²) in [5.74, 6) is 1.68. The van der Waals surface area contributed by atoms with Crippen LogP contribution < -0.4 is 9.47 Å². The van der Waals surface area contributed by atoms with Crippen molar-refractivity contribution in [3.05, 3.63) is 97.6 Å². The minimum Gasteiger partial charge on any atom is -0.489 e. The molecule has 1 aliphatic rings. The predicted octanol–water partition coefficient (Wildman–Crippen LogP) is 8.31. The van der Waals surface area contributed by atoms with E-state index >= 15 is 0 Å². The van der Waals surface area contributed by atoms with Gasteiger partial charge in [-0.3, -0.25) is 0 Å². The minimum atomic E-state index is -0.551. The first-order valence-corrected chi connectivity index (χ1v) is 14.6. The molecule has 0 N–H and O–H groups in total. The van der Waals surface area contributed by atoms with Gasteiger partial charge in [0.15, 0.2) is 6.79 Å². The minimum absolute atomic E-state index is 0.237. The molecule has 6 heteroatoms. The number of ether oxygens (including phenoxy) is 3. The summed E-state index contributed by atoms with van der Waals surface area (Å²) in [5.41, 5.74) is 3.73. The van der Waals surface area contributed by atoms with Crippen LogP contribution in [0, 0.1) is 7.14 Å². The highest BCUT2D eigenvalue weighted by Gasteiger charge is 2.26. The van der Waals surface area contributed by atoms with E-state index in [4.69, 9.17) is 14.2 Å². The summed E-state index contributed by atoms with van der Waals surface area (Å²) in [4.78, 5) is 4.19. The van der Waals surface area contributed by atoms with E-state index in [-0.39, 0.29) is 6.79 Å². The Morgan fingerprint density at radius 2 is 1.41 bits per heavy atom. The number of halogens is 2. The normalized spacial score (nSPS) is 12.9. The van der Waals surface area contributed by atoms with Crippen LogP contribution in [0.25, 0.3) is 11.1 Å². The first-order valence-electron chi connectivity index (χ1n) is 11.1. The van der Waals surface area contributed by atoms with E-state index in [1.54, 1.807) is 0 Å². The molecule has 0 bridgehead atoms. The molecule has 4 aromatic carbocycles. The fourth-order valence-corrected chi connectivity index (χ4v) is 8.85. The molecule has 0 atom stereocenters. The largest absolute Gasteiger partial charge is 0.489 e. The van der Waals surface area contributed by atoms with Crippen molar-refractivity contribution in [2.24, 2.45) is 0 Å². The lowest BCUT2D eigenvalue weighted by Gasteiger charge is -2.19. The number of benzene rings is 4. The summed E-state index contributed by atoms with van der Waals surface area (Å²) < 4.78 is 19.7. The topological polar surface area (TPSA) is 27.7 Å². The Kier molecular flexibility index (Phi) is 7.67. The van der Waals surface area contributed by atoms with E-state index < -0.39 is 10.9 Å². The Bertz CT molecular complexity index is 1260. The molecule has 0 saturated heterocycles. The van der Waals surface area contributed by atoms with Gasteiger partial charge in [0.2, 0.25) is 0 Å². The number of rotatable bonds is 8. The molecule has 34 heavy (non-hydrogen) atoms. The van der Waals surface area contributed by atoms with Gasteiger partial charge in [0, 0.05) is 25.5 Å². The van der Waals surface area contributed by atoms with E-state index in [0.717, 1.165) is 24.2 Å². The molecule has 3 nitrogen and oxygen atoms in total. The lowest BCUT2D eigenvalue weighted by Crippen LogP contribution is -2.07. The summed E-state index contributed by atoms with van der Waals surface area (Å²) in [6, 6.07) is 30.4. The van der Waals surface area contributed by atoms with Crippen LogP contribution in [0.2, 0.25) is 0 Å². The summed E-state index contributed by atoms with van der Waals surface area (Å²) in [5, 5.41) is 0. The zero-order valence-corrected chi connectivity index (χ0v) is 23.8. The molecule has 0 saturated carbocycles. The van der Waals surface area contributed by atoms with Crippen molar-refractivity contribution in [3.63, 3.8) is 0 Å². The van der Waals surface area contributed by atoms with E-state index in [1.807, 2.05) is 6.92 Å². The first-order chi connectivity index (χ1) is 16.7. The van der Waals surface area contributed by atoms with E-state index in [2.05, 4.69) is 130 Å². The van der Waals surface area contributed by atoms with Crippen LogP contribution >= 0.6 is 56.1 Å². The Hall–Kier alpha value is -1.75. The molecular weight excluding hydrogens is 670 g/mol. The first kappa shape index (κ1) is 24.0. The number of hydrogen-bond donors (Lipinski definition) is 1. The van der Waals surface area contributed by atoms with Gasteiger partial charge >= 0.3 is 0 Å². The molecule has 174 valence electrons. The maximum Gasteiger partial charge on any atom is 0.189 e. The number of thiol groups is 1. The highest BCUT2D eigenvalue weighted by Crippen LogP contribution is 2.62. The summed E-state index contributed by atoms with van der Waals surface area (Å²) in [6.45, 7) is 3.26. The molecule has 5 rings (SSSR count). The van der Waals surface area contributed by atoms with E-state index in [1.165, 1.54) is 25.8 Å². The van der Waals surface area contributed by atoms with Gasteiger partial charge in [-0.25, -0.2) is 0 Å². The van der Waals surface area contributed by atoms with Crippen LogP contribution in [-0.2, 0) is 11.3 Å². The fourth-order valence-electron chi connectivity index (χ4n) is 4.12. The van der Waals surface area contributed by atoms with E-state index in [0.29, 0.717) is 13.2 Å². The fraction of sp³-hybridized carbons (Fsp3) is 0.143. The van der Waals surface area contributed by atoms with Crippen molar-refractivity contribution in [1.29, 1.82) is 0 Å². The molecule has 0 unspecified atom stereocenters. The Morgan fingerprint density at radius 3 is 2.06 bits per heavy atom. The summed E-state index contributed by atoms with van der Waals surface area (Å²) in [6.07, 6.45) is 0. The molecule has 0 aromatic heterocycles. The standard InChI is InChI=1S/C28H24I2O3S/c1-2-31-18-33-28-19(15-20(29)16-25(28)30)17-32-21-11-13-22(14-12-21)34-26-9-5-3-7-23(26)24-8-4-6-10-27(24)34/h3-16,34H,2,17-18H2,1H3. The molecule has 4 aromatic rings. The van der Waals surface area contributed by atoms with Gasteiger partial charge in [0.1, 0.15) is 18.1 Å². The third-order valence-electron chi connectivity index (χ3n) is 5.65. The van der Waals surface area contributed by atoms with Crippen molar-refractivity contribution in [2.75, 3.05) is 13.4 Å². The monoisotopic (exact) mass is 694 g/mol. The molecular formula is C28H24I2O3S. The van der Waals surface area contributed by atoms with Crippen LogP contribution in [0.5, 0.6) is 11.5 Å². The molecule has 0 amide bonds. The average molecular weight is 694 g/mol. The van der Waals surface area contributed by atoms with Crippen molar-refractivity contribution < 1.29 is 14.2 Å². The molecule has 0 spiro atoms. The second kappa shape index (κ2) is 10.9. The van der Waals surface area contributed by atoms with Crippen LogP contribution in [0.1, 0.15) is 12.5 Å². The zero-order chi connectivity index (χ0) is 23.5. The van der Waals surface area contributed by atoms with Crippen molar-refractivity contribution in [2.45, 2.75) is 28.2 Å². The molecule has 0 fully saturated rings. The second-order valence-corrected chi connectivity index (χ2v) is 12.3. The number of hydrogen-bond acceptors (Lipinski definition) is 3. The molecule has 1 heterocycles. The van der Waals surface area contributed by atoms with E-state index in [9.17, 15) is 0 Å². The van der Waals surface area contributed by atoms with Crippen LogP contribution in [0.3, 0.4) is 0 Å². The third-order valence-corrected chi connectivity index (χ3v) is 9.63. The molecule has 1 aliphatic heterocycles. The Labute approximate surface area is 230 Å². The van der Waals surface area contributed by atoms with Crippen molar-refractivity contribution in [1.82, 2.24) is 0 Å². The quantitative estimate of drug-likeness (QED) is 0.0767. The highest BCUT2D eigenvalue weighted by atomic mass is 127. The highest BCUT2D eigenvalue weighted by molar-refractivity contribution is 14.1. The van der Waals surface area contributed by atoms with Gasteiger partial charge in [-0.2, -0.15) is 10.9 Å². The summed E-state index contributed by atoms with van der Waals surface area (Å²) >= 11 is 4.63. The maximum absolute atomic E-state index is 6.19. The zero-order valence-electron chi connectivity index (χ0n) is 18.6. The van der Waals surface area contributed by atoms with Gasteiger partial charge < -0.3 is 14.2 Å². The lowest BCUT2D eigenvalue weighted by molar-refractivity contribution is 0.0208. The third kappa shape index (κ3) is 4.96. The smallest absolute Gasteiger partial charge is 0.189 e. The second-order valence-electron chi connectivity index (χ2n) is 7.78. The lowest BCUT2D eigenvalue weighted by atomic mass is 10.1. The van der Waals surface area contributed by atoms with Gasteiger partial charge in [-0.1, -0.05) is 36.4 Å². The number of fused-ring (bicyclic) bond motifs is 3. The maximum atomic E-state index is 6.19. The van der Waals surface area contributed by atoms with Gasteiger partial charge in [0.05, 0.1) is 3.57 Å². The van der Waals surface area contributed by atoms with Crippen LogP contribution in [0.15, 0.2) is 99.6 Å². The Morgan fingerprint density at radius 1 is 0.765 bits per heavy atom.